The van der Waals surface area contributed by atoms with Gasteiger partial charge in [-0.1, -0.05) is 28.1 Å². The van der Waals surface area contributed by atoms with Crippen molar-refractivity contribution in [1.29, 1.82) is 0 Å². The van der Waals surface area contributed by atoms with Crippen LogP contribution in [0.4, 0.5) is 0 Å². The van der Waals surface area contributed by atoms with E-state index in [1.165, 1.54) is 34.6 Å². The van der Waals surface area contributed by atoms with E-state index < -0.39 is 0 Å². The number of halogens is 1. The van der Waals surface area contributed by atoms with Crippen LogP contribution in [0.2, 0.25) is 0 Å². The zero-order chi connectivity index (χ0) is 9.97. The zero-order valence-electron chi connectivity index (χ0n) is 8.22. The first kappa shape index (κ1) is 10.5. The Bertz CT molecular complexity index is 327. The molecule has 0 bridgehead atoms. The molecule has 0 spiro atoms. The third-order valence-corrected chi connectivity index (χ3v) is 4.67. The number of benzene rings is 1. The number of aryl methyl sites for hydroxylation is 1. The van der Waals surface area contributed by atoms with Crippen molar-refractivity contribution in [2.45, 2.75) is 22.7 Å². The topological polar surface area (TPSA) is 12.0 Å². The summed E-state index contributed by atoms with van der Waals surface area (Å²) in [5, 5.41) is 3.20. The molecule has 0 saturated heterocycles. The monoisotopic (exact) mass is 271 g/mol. The van der Waals surface area contributed by atoms with Gasteiger partial charge >= 0.3 is 0 Å². The van der Waals surface area contributed by atoms with Crippen molar-refractivity contribution < 1.29 is 0 Å². The highest BCUT2D eigenvalue weighted by atomic mass is 79.9. The van der Waals surface area contributed by atoms with Crippen molar-refractivity contribution in [1.82, 2.24) is 5.32 Å². The fraction of sp³-hybridized carbons (Fsp3) is 0.455. The van der Waals surface area contributed by atoms with E-state index in [9.17, 15) is 0 Å². The molecule has 1 aliphatic heterocycles. The summed E-state index contributed by atoms with van der Waals surface area (Å²) < 4.78 is 0. The smallest absolute Gasteiger partial charge is 0.0884 e. The largest absolute Gasteiger partial charge is 0.304 e. The van der Waals surface area contributed by atoms with Crippen LogP contribution in [0.1, 0.15) is 22.5 Å². The van der Waals surface area contributed by atoms with Gasteiger partial charge < -0.3 is 5.32 Å². The van der Waals surface area contributed by atoms with E-state index in [1.54, 1.807) is 0 Å². The summed E-state index contributed by atoms with van der Waals surface area (Å²) in [6.07, 6.45) is 2.55. The van der Waals surface area contributed by atoms with Crippen LogP contribution >= 0.6 is 27.7 Å². The van der Waals surface area contributed by atoms with Gasteiger partial charge in [-0.15, -0.1) is 11.8 Å². The molecule has 1 N–H and O–H groups in total. The summed E-state index contributed by atoms with van der Waals surface area (Å²) in [6.45, 7) is 0. The molecule has 0 fully saturated rings. The Labute approximate surface area is 97.8 Å². The lowest BCUT2D eigenvalue weighted by molar-refractivity contribution is 0.799. The van der Waals surface area contributed by atoms with Crippen LogP contribution in [0, 0.1) is 0 Å². The van der Waals surface area contributed by atoms with Crippen LogP contribution in [0.15, 0.2) is 23.1 Å². The maximum absolute atomic E-state index is 3.59. The van der Waals surface area contributed by atoms with Gasteiger partial charge in [-0.2, -0.15) is 0 Å². The zero-order valence-corrected chi connectivity index (χ0v) is 10.6. The lowest BCUT2D eigenvalue weighted by Crippen LogP contribution is -2.10. The SMILES string of the molecule is CNC(Br)c1ccc2c(c1)CCCS2. The average molecular weight is 272 g/mol. The van der Waals surface area contributed by atoms with E-state index in [-0.39, 0.29) is 4.95 Å². The molecule has 76 valence electrons. The molecule has 0 aromatic heterocycles. The minimum atomic E-state index is 0.278. The second kappa shape index (κ2) is 4.69. The Morgan fingerprint density at radius 1 is 1.50 bits per heavy atom. The molecule has 2 rings (SSSR count). The second-order valence-corrected chi connectivity index (χ2v) is 5.52. The van der Waals surface area contributed by atoms with E-state index in [0.717, 1.165) is 0 Å². The molecule has 0 amide bonds. The Hall–Kier alpha value is 0.01000. The molecule has 0 radical (unpaired) electrons. The summed E-state index contributed by atoms with van der Waals surface area (Å²) in [6, 6.07) is 6.77. The van der Waals surface area contributed by atoms with Gasteiger partial charge in [-0.3, -0.25) is 0 Å². The van der Waals surface area contributed by atoms with Crippen molar-refractivity contribution in [2.75, 3.05) is 12.8 Å². The lowest BCUT2D eigenvalue weighted by atomic mass is 10.1. The fourth-order valence-electron chi connectivity index (χ4n) is 1.70. The van der Waals surface area contributed by atoms with Gasteiger partial charge in [0.1, 0.15) is 0 Å². The van der Waals surface area contributed by atoms with E-state index in [2.05, 4.69) is 39.4 Å². The predicted molar refractivity (Wildman–Crippen MR) is 66.2 cm³/mol. The van der Waals surface area contributed by atoms with E-state index in [0.29, 0.717) is 0 Å². The number of nitrogens with one attached hydrogen (secondary N) is 1. The van der Waals surface area contributed by atoms with Gasteiger partial charge in [-0.25, -0.2) is 0 Å². The lowest BCUT2D eigenvalue weighted by Gasteiger charge is -2.17. The van der Waals surface area contributed by atoms with Gasteiger partial charge in [0.25, 0.3) is 0 Å². The Balaban J connectivity index is 2.29. The molecule has 0 aliphatic carbocycles. The summed E-state index contributed by atoms with van der Waals surface area (Å²) in [5.41, 5.74) is 2.84. The summed E-state index contributed by atoms with van der Waals surface area (Å²) in [5.74, 6) is 1.27. The van der Waals surface area contributed by atoms with E-state index >= 15 is 0 Å². The van der Waals surface area contributed by atoms with Crippen molar-refractivity contribution in [2.24, 2.45) is 0 Å². The maximum atomic E-state index is 3.59. The normalized spacial score (nSPS) is 17.6. The summed E-state index contributed by atoms with van der Waals surface area (Å²) in [7, 11) is 1.97. The van der Waals surface area contributed by atoms with Gasteiger partial charge in [0, 0.05) is 4.90 Å². The molecule has 1 atom stereocenters. The first-order valence-electron chi connectivity index (χ1n) is 4.88. The molecule has 3 heteroatoms. The van der Waals surface area contributed by atoms with Crippen molar-refractivity contribution in [3.8, 4) is 0 Å². The number of rotatable bonds is 2. The molecule has 1 unspecified atom stereocenters. The predicted octanol–water partition coefficient (Wildman–Crippen LogP) is 3.34. The second-order valence-electron chi connectivity index (χ2n) is 3.47. The van der Waals surface area contributed by atoms with E-state index in [1.807, 2.05) is 18.8 Å². The van der Waals surface area contributed by atoms with Gasteiger partial charge in [-0.05, 0) is 42.8 Å². The number of hydrogen-bond donors (Lipinski definition) is 1. The van der Waals surface area contributed by atoms with E-state index in [4.69, 9.17) is 0 Å². The number of alkyl halides is 1. The molecule has 1 heterocycles. The van der Waals surface area contributed by atoms with Crippen LogP contribution < -0.4 is 5.32 Å². The minimum absolute atomic E-state index is 0.278. The highest BCUT2D eigenvalue weighted by Crippen LogP contribution is 2.32. The van der Waals surface area contributed by atoms with Crippen LogP contribution in [0.3, 0.4) is 0 Å². The quantitative estimate of drug-likeness (QED) is 0.654. The highest BCUT2D eigenvalue weighted by Gasteiger charge is 2.12. The molecular formula is C11H14BrNS. The molecule has 14 heavy (non-hydrogen) atoms. The van der Waals surface area contributed by atoms with Gasteiger partial charge in [0.15, 0.2) is 0 Å². The Kier molecular flexibility index (Phi) is 3.52. The van der Waals surface area contributed by atoms with Crippen molar-refractivity contribution in [3.05, 3.63) is 29.3 Å². The number of thioether (sulfide) groups is 1. The average Bonchev–Trinajstić information content (AvgIpc) is 2.27. The Morgan fingerprint density at radius 2 is 2.36 bits per heavy atom. The third-order valence-electron chi connectivity index (χ3n) is 2.48. The molecule has 1 nitrogen and oxygen atoms in total. The molecule has 0 saturated carbocycles. The van der Waals surface area contributed by atoms with Crippen LogP contribution in [0.25, 0.3) is 0 Å². The Morgan fingerprint density at radius 3 is 3.14 bits per heavy atom. The third kappa shape index (κ3) is 2.15. The van der Waals surface area contributed by atoms with Gasteiger partial charge in [0.05, 0.1) is 4.95 Å². The molecule has 1 aromatic rings. The minimum Gasteiger partial charge on any atom is -0.304 e. The van der Waals surface area contributed by atoms with Gasteiger partial charge in [0.2, 0.25) is 0 Å². The van der Waals surface area contributed by atoms with Crippen LogP contribution in [-0.2, 0) is 6.42 Å². The first-order valence-corrected chi connectivity index (χ1v) is 6.78. The molecular weight excluding hydrogens is 258 g/mol. The van der Waals surface area contributed by atoms with Crippen LogP contribution in [0.5, 0.6) is 0 Å². The summed E-state index contributed by atoms with van der Waals surface area (Å²) >= 11 is 5.58. The first-order chi connectivity index (χ1) is 6.81. The van der Waals surface area contributed by atoms with Crippen molar-refractivity contribution in [3.63, 3.8) is 0 Å². The number of hydrogen-bond acceptors (Lipinski definition) is 2. The standard InChI is InChI=1S/C11H14BrNS/c1-13-11(12)9-4-5-10-8(7-9)3-2-6-14-10/h4-5,7,11,13H,2-3,6H2,1H3. The molecule has 1 aliphatic rings. The molecule has 1 aromatic carbocycles. The van der Waals surface area contributed by atoms with Crippen LogP contribution in [-0.4, -0.2) is 12.8 Å². The number of fused-ring (bicyclic) bond motifs is 1. The fourth-order valence-corrected chi connectivity index (χ4v) is 3.01. The summed E-state index contributed by atoms with van der Waals surface area (Å²) in [4.78, 5) is 1.75. The highest BCUT2D eigenvalue weighted by molar-refractivity contribution is 9.09. The maximum Gasteiger partial charge on any atom is 0.0884 e. The van der Waals surface area contributed by atoms with Crippen molar-refractivity contribution >= 4 is 27.7 Å².